The molecule has 188 valence electrons. The second-order valence-electron chi connectivity index (χ2n) is 10.5. The molecule has 2 aliphatic rings. The van der Waals surface area contributed by atoms with Crippen molar-refractivity contribution in [3.05, 3.63) is 106 Å². The van der Waals surface area contributed by atoms with E-state index in [0.717, 1.165) is 11.1 Å². The van der Waals surface area contributed by atoms with Gasteiger partial charge in [-0.3, -0.25) is 19.2 Å². The van der Waals surface area contributed by atoms with E-state index < -0.39 is 23.6 Å². The Morgan fingerprint density at radius 2 is 0.684 bits per heavy atom. The van der Waals surface area contributed by atoms with Gasteiger partial charge in [-0.2, -0.15) is 0 Å². The summed E-state index contributed by atoms with van der Waals surface area (Å²) in [6.45, 7) is 8.30. The fourth-order valence-corrected chi connectivity index (χ4v) is 5.36. The van der Waals surface area contributed by atoms with Crippen LogP contribution in [0.2, 0.25) is 0 Å². The first-order valence-corrected chi connectivity index (χ1v) is 12.8. The van der Waals surface area contributed by atoms with Crippen LogP contribution in [-0.4, -0.2) is 23.6 Å². The summed E-state index contributed by atoms with van der Waals surface area (Å²) in [6, 6.07) is 21.1. The predicted octanol–water partition coefficient (Wildman–Crippen LogP) is 6.69. The average molecular weight is 503 g/mol. The Hall–Kier alpha value is -4.58. The summed E-state index contributed by atoms with van der Waals surface area (Å²) >= 11 is 0. The number of hydrogen-bond acceptors (Lipinski definition) is 4. The molecular formula is C32H26N2O4. The summed E-state index contributed by atoms with van der Waals surface area (Å²) in [5.74, 6) is -1.27. The number of hydrogen-bond donors (Lipinski definition) is 0. The third-order valence-electron chi connectivity index (χ3n) is 7.53. The van der Waals surface area contributed by atoms with Crippen LogP contribution in [0.25, 0.3) is 10.8 Å². The van der Waals surface area contributed by atoms with Gasteiger partial charge >= 0.3 is 0 Å². The molecule has 2 aliphatic heterocycles. The molecule has 0 saturated carbocycles. The highest BCUT2D eigenvalue weighted by Gasteiger charge is 2.40. The van der Waals surface area contributed by atoms with E-state index in [2.05, 4.69) is 27.7 Å². The minimum atomic E-state index is -0.477. The number of amides is 4. The standard InChI is InChI=1S/C32H26N2O4/c1-17(2)19-5-9-21(10-6-19)33-29(35)23-13-15-25-28-26(16-14-24(27(23)28)30(33)36)32(38)34(31(25)37)22-11-7-20(8-12-22)18(3)4/h5-18H,1-4H3. The summed E-state index contributed by atoms with van der Waals surface area (Å²) in [7, 11) is 0. The fourth-order valence-electron chi connectivity index (χ4n) is 5.36. The minimum absolute atomic E-state index is 0.295. The van der Waals surface area contributed by atoms with Crippen LogP contribution in [0.5, 0.6) is 0 Å². The lowest BCUT2D eigenvalue weighted by atomic mass is 9.85. The van der Waals surface area contributed by atoms with Gasteiger partial charge in [-0.05, 0) is 71.5 Å². The van der Waals surface area contributed by atoms with Gasteiger partial charge in [-0.15, -0.1) is 0 Å². The molecule has 0 spiro atoms. The summed E-state index contributed by atoms with van der Waals surface area (Å²) in [6.07, 6.45) is 0. The van der Waals surface area contributed by atoms with Gasteiger partial charge in [0, 0.05) is 33.0 Å². The molecule has 0 N–H and O–H groups in total. The second-order valence-corrected chi connectivity index (χ2v) is 10.5. The molecule has 0 aliphatic carbocycles. The van der Waals surface area contributed by atoms with Gasteiger partial charge in [0.15, 0.2) is 0 Å². The Labute approximate surface area is 220 Å². The van der Waals surface area contributed by atoms with E-state index in [1.165, 1.54) is 9.80 Å². The molecule has 4 amide bonds. The molecule has 0 atom stereocenters. The molecule has 38 heavy (non-hydrogen) atoms. The Morgan fingerprint density at radius 1 is 0.421 bits per heavy atom. The maximum Gasteiger partial charge on any atom is 0.265 e. The highest BCUT2D eigenvalue weighted by atomic mass is 16.2. The first-order chi connectivity index (χ1) is 18.2. The Bertz CT molecular complexity index is 1490. The lowest BCUT2D eigenvalue weighted by Gasteiger charge is -2.32. The SMILES string of the molecule is CC(C)c1ccc(N2C(=O)c3ccc4c5c(ccc(c35)C2=O)C(=O)N(c2ccc(C(C)C)cc2)C4=O)cc1. The van der Waals surface area contributed by atoms with Gasteiger partial charge in [0.2, 0.25) is 0 Å². The number of imide groups is 2. The normalized spacial score (nSPS) is 14.9. The quantitative estimate of drug-likeness (QED) is 0.292. The van der Waals surface area contributed by atoms with Crippen molar-refractivity contribution in [3.63, 3.8) is 0 Å². The van der Waals surface area contributed by atoms with E-state index in [4.69, 9.17) is 0 Å². The largest absolute Gasteiger partial charge is 0.268 e. The molecule has 4 aromatic rings. The second kappa shape index (κ2) is 8.48. The number of benzene rings is 4. The summed E-state index contributed by atoms with van der Waals surface area (Å²) in [5, 5.41) is 0.725. The van der Waals surface area contributed by atoms with Crippen LogP contribution in [0.1, 0.15) is 92.1 Å². The average Bonchev–Trinajstić information content (AvgIpc) is 2.91. The van der Waals surface area contributed by atoms with Gasteiger partial charge in [0.1, 0.15) is 0 Å². The topological polar surface area (TPSA) is 74.8 Å². The maximum atomic E-state index is 13.6. The van der Waals surface area contributed by atoms with Crippen molar-refractivity contribution in [2.24, 2.45) is 0 Å². The highest BCUT2D eigenvalue weighted by molar-refractivity contribution is 6.42. The van der Waals surface area contributed by atoms with Crippen molar-refractivity contribution in [1.29, 1.82) is 0 Å². The molecular weight excluding hydrogens is 476 g/mol. The predicted molar refractivity (Wildman–Crippen MR) is 147 cm³/mol. The van der Waals surface area contributed by atoms with Crippen molar-refractivity contribution in [1.82, 2.24) is 0 Å². The molecule has 0 unspecified atom stereocenters. The number of rotatable bonds is 4. The fraction of sp³-hybridized carbons (Fsp3) is 0.188. The Balaban J connectivity index is 1.47. The number of nitrogens with zero attached hydrogens (tertiary/aromatic N) is 2. The number of carbonyl (C=O) groups excluding carboxylic acids is 4. The summed E-state index contributed by atoms with van der Waals surface area (Å²) in [5.41, 5.74) is 4.34. The molecule has 6 rings (SSSR count). The zero-order chi connectivity index (χ0) is 26.9. The van der Waals surface area contributed by atoms with Crippen molar-refractivity contribution >= 4 is 45.8 Å². The van der Waals surface area contributed by atoms with Crippen LogP contribution in [-0.2, 0) is 0 Å². The van der Waals surface area contributed by atoms with Gasteiger partial charge in [-0.25, -0.2) is 9.80 Å². The van der Waals surface area contributed by atoms with Crippen molar-refractivity contribution in [2.75, 3.05) is 9.80 Å². The van der Waals surface area contributed by atoms with Gasteiger partial charge in [-0.1, -0.05) is 52.0 Å². The van der Waals surface area contributed by atoms with Crippen molar-refractivity contribution in [3.8, 4) is 0 Å². The number of anilines is 2. The van der Waals surface area contributed by atoms with Gasteiger partial charge < -0.3 is 0 Å². The molecule has 0 bridgehead atoms. The van der Waals surface area contributed by atoms with Crippen LogP contribution in [0.15, 0.2) is 72.8 Å². The molecule has 6 nitrogen and oxygen atoms in total. The van der Waals surface area contributed by atoms with Gasteiger partial charge in [0.05, 0.1) is 11.4 Å². The molecule has 6 heteroatoms. The van der Waals surface area contributed by atoms with Crippen LogP contribution in [0, 0.1) is 0 Å². The van der Waals surface area contributed by atoms with Crippen LogP contribution in [0.4, 0.5) is 11.4 Å². The molecule has 0 saturated heterocycles. The van der Waals surface area contributed by atoms with E-state index in [0.29, 0.717) is 56.2 Å². The Kier molecular flexibility index (Phi) is 5.31. The lowest BCUT2D eigenvalue weighted by molar-refractivity contribution is 0.0873. The van der Waals surface area contributed by atoms with E-state index in [-0.39, 0.29) is 0 Å². The monoisotopic (exact) mass is 502 g/mol. The molecule has 0 radical (unpaired) electrons. The van der Waals surface area contributed by atoms with Crippen molar-refractivity contribution in [2.45, 2.75) is 39.5 Å². The third kappa shape index (κ3) is 3.33. The summed E-state index contributed by atoms with van der Waals surface area (Å²) in [4.78, 5) is 56.8. The zero-order valence-electron chi connectivity index (χ0n) is 21.6. The Morgan fingerprint density at radius 3 is 0.921 bits per heavy atom. The molecule has 4 aromatic carbocycles. The first kappa shape index (κ1) is 23.8. The third-order valence-corrected chi connectivity index (χ3v) is 7.53. The van der Waals surface area contributed by atoms with E-state index in [9.17, 15) is 19.2 Å². The number of carbonyl (C=O) groups is 4. The van der Waals surface area contributed by atoms with Crippen LogP contribution >= 0.6 is 0 Å². The van der Waals surface area contributed by atoms with E-state index >= 15 is 0 Å². The molecule has 2 heterocycles. The maximum absolute atomic E-state index is 13.6. The lowest BCUT2D eigenvalue weighted by Crippen LogP contribution is -2.43. The zero-order valence-corrected chi connectivity index (χ0v) is 21.6. The van der Waals surface area contributed by atoms with E-state index in [1.54, 1.807) is 48.5 Å². The molecule has 0 fully saturated rings. The summed E-state index contributed by atoms with van der Waals surface area (Å²) < 4.78 is 0. The van der Waals surface area contributed by atoms with Gasteiger partial charge in [0.25, 0.3) is 23.6 Å². The van der Waals surface area contributed by atoms with Crippen molar-refractivity contribution < 1.29 is 19.2 Å². The van der Waals surface area contributed by atoms with Crippen LogP contribution < -0.4 is 9.80 Å². The van der Waals surface area contributed by atoms with Crippen LogP contribution in [0.3, 0.4) is 0 Å². The first-order valence-electron chi connectivity index (χ1n) is 12.8. The molecule has 0 aromatic heterocycles. The minimum Gasteiger partial charge on any atom is -0.268 e. The van der Waals surface area contributed by atoms with E-state index in [1.807, 2.05) is 24.3 Å². The smallest absolute Gasteiger partial charge is 0.265 e. The highest BCUT2D eigenvalue weighted by Crippen LogP contribution is 2.40.